The Hall–Kier alpha value is -3.13. The van der Waals surface area contributed by atoms with Crippen LogP contribution in [0.2, 0.25) is 5.02 Å². The van der Waals surface area contributed by atoms with Crippen LogP contribution in [0.15, 0.2) is 52.0 Å². The van der Waals surface area contributed by atoms with Gasteiger partial charge in [0.1, 0.15) is 6.04 Å². The van der Waals surface area contributed by atoms with Crippen LogP contribution in [0, 0.1) is 6.92 Å². The molecule has 5 nitrogen and oxygen atoms in total. The molecule has 9 heteroatoms. The summed E-state index contributed by atoms with van der Waals surface area (Å²) in [4.78, 5) is 16.0. The molecule has 4 rings (SSSR count). The van der Waals surface area contributed by atoms with Gasteiger partial charge in [-0.3, -0.25) is 9.79 Å². The normalized spacial score (nSPS) is 15.8. The van der Waals surface area contributed by atoms with E-state index in [1.54, 1.807) is 25.1 Å². The molecule has 0 spiro atoms. The molecule has 154 valence electrons. The summed E-state index contributed by atoms with van der Waals surface area (Å²) >= 11 is 6.19. The summed E-state index contributed by atoms with van der Waals surface area (Å²) < 4.78 is 44.3. The van der Waals surface area contributed by atoms with E-state index in [1.165, 1.54) is 12.1 Å². The Labute approximate surface area is 173 Å². The van der Waals surface area contributed by atoms with Crippen molar-refractivity contribution in [2.75, 3.05) is 0 Å². The molecule has 1 N–H and O–H groups in total. The molecule has 1 aliphatic heterocycles. The number of alkyl halides is 3. The standard InChI is InChI=1S/C21H14ClF3N2O3/c1-10-18-14-7-6-13(22)8-15(14)19(11-2-4-12(5-3-11)21(23,24)25)26-16(9-17(28)29)20(18)30-27-10/h2-8,16H,9H2,1H3,(H,28,29). The fraction of sp³-hybridized carbons (Fsp3) is 0.190. The van der Waals surface area contributed by atoms with Gasteiger partial charge in [0, 0.05) is 16.1 Å². The molecule has 0 saturated heterocycles. The molecule has 1 aliphatic rings. The largest absolute Gasteiger partial charge is 0.481 e. The van der Waals surface area contributed by atoms with Crippen LogP contribution in [0.3, 0.4) is 0 Å². The lowest BCUT2D eigenvalue weighted by Gasteiger charge is -2.13. The molecule has 3 aromatic rings. The molecule has 0 radical (unpaired) electrons. The first-order chi connectivity index (χ1) is 14.1. The number of nitrogens with zero attached hydrogens (tertiary/aromatic N) is 2. The molecule has 1 unspecified atom stereocenters. The van der Waals surface area contributed by atoms with Gasteiger partial charge in [-0.15, -0.1) is 0 Å². The maximum atomic E-state index is 13.0. The van der Waals surface area contributed by atoms with Gasteiger partial charge < -0.3 is 9.63 Å². The van der Waals surface area contributed by atoms with Gasteiger partial charge in [0.25, 0.3) is 0 Å². The van der Waals surface area contributed by atoms with Crippen LogP contribution in [0.25, 0.3) is 11.1 Å². The van der Waals surface area contributed by atoms with Crippen LogP contribution in [0.1, 0.15) is 40.6 Å². The topological polar surface area (TPSA) is 75.7 Å². The first-order valence-corrected chi connectivity index (χ1v) is 9.26. The second-order valence-electron chi connectivity index (χ2n) is 6.86. The predicted octanol–water partition coefficient (Wildman–Crippen LogP) is 5.69. The Balaban J connectivity index is 1.96. The third-order valence-electron chi connectivity index (χ3n) is 4.84. The Morgan fingerprint density at radius 1 is 1.17 bits per heavy atom. The van der Waals surface area contributed by atoms with E-state index in [-0.39, 0.29) is 6.42 Å². The maximum Gasteiger partial charge on any atom is 0.416 e. The lowest BCUT2D eigenvalue weighted by Crippen LogP contribution is -2.10. The van der Waals surface area contributed by atoms with E-state index < -0.39 is 23.8 Å². The summed E-state index contributed by atoms with van der Waals surface area (Å²) in [5, 5.41) is 13.7. The zero-order valence-electron chi connectivity index (χ0n) is 15.5. The highest BCUT2D eigenvalue weighted by Gasteiger charge is 2.33. The number of hydrogen-bond donors (Lipinski definition) is 1. The number of aromatic nitrogens is 1. The van der Waals surface area contributed by atoms with Crippen molar-refractivity contribution in [2.45, 2.75) is 25.6 Å². The van der Waals surface area contributed by atoms with Crippen LogP contribution >= 0.6 is 11.6 Å². The average molecular weight is 435 g/mol. The fourth-order valence-electron chi connectivity index (χ4n) is 3.51. The number of fused-ring (bicyclic) bond motifs is 3. The Kier molecular flexibility index (Phi) is 4.89. The molecule has 1 aromatic heterocycles. The van der Waals surface area contributed by atoms with E-state index in [2.05, 4.69) is 10.1 Å². The summed E-state index contributed by atoms with van der Waals surface area (Å²) in [5.74, 6) is -0.806. The van der Waals surface area contributed by atoms with E-state index >= 15 is 0 Å². The molecular weight excluding hydrogens is 421 g/mol. The molecule has 2 aromatic carbocycles. The van der Waals surface area contributed by atoms with E-state index in [4.69, 9.17) is 16.1 Å². The fourth-order valence-corrected chi connectivity index (χ4v) is 3.68. The Morgan fingerprint density at radius 3 is 2.50 bits per heavy atom. The van der Waals surface area contributed by atoms with Crippen molar-refractivity contribution in [1.29, 1.82) is 0 Å². The quantitative estimate of drug-likeness (QED) is 0.574. The van der Waals surface area contributed by atoms with Gasteiger partial charge in [-0.25, -0.2) is 0 Å². The van der Waals surface area contributed by atoms with Gasteiger partial charge in [0.15, 0.2) is 5.76 Å². The van der Waals surface area contributed by atoms with Crippen molar-refractivity contribution < 1.29 is 27.6 Å². The summed E-state index contributed by atoms with van der Waals surface area (Å²) in [6.45, 7) is 1.72. The number of carbonyl (C=O) groups is 1. The zero-order chi connectivity index (χ0) is 21.6. The summed E-state index contributed by atoms with van der Waals surface area (Å²) in [5.41, 5.74) is 2.32. The van der Waals surface area contributed by atoms with Crippen LogP contribution in [0.4, 0.5) is 13.2 Å². The van der Waals surface area contributed by atoms with Gasteiger partial charge in [0.2, 0.25) is 0 Å². The monoisotopic (exact) mass is 434 g/mol. The van der Waals surface area contributed by atoms with Crippen LogP contribution in [0.5, 0.6) is 0 Å². The van der Waals surface area contributed by atoms with Crippen LogP contribution in [-0.2, 0) is 11.0 Å². The molecule has 0 fully saturated rings. The van der Waals surface area contributed by atoms with Crippen LogP contribution in [-0.4, -0.2) is 21.9 Å². The summed E-state index contributed by atoms with van der Waals surface area (Å²) in [7, 11) is 0. The van der Waals surface area contributed by atoms with Gasteiger partial charge in [-0.2, -0.15) is 13.2 Å². The van der Waals surface area contributed by atoms with E-state index in [1.807, 2.05) is 0 Å². The molecule has 0 saturated carbocycles. The predicted molar refractivity (Wildman–Crippen MR) is 104 cm³/mol. The van der Waals surface area contributed by atoms with Crippen molar-refractivity contribution in [3.05, 3.63) is 75.6 Å². The summed E-state index contributed by atoms with van der Waals surface area (Å²) in [6.07, 6.45) is -4.84. The number of carboxylic acid groups (broad SMARTS) is 1. The third-order valence-corrected chi connectivity index (χ3v) is 5.07. The molecule has 0 bridgehead atoms. The number of rotatable bonds is 3. The first-order valence-electron chi connectivity index (χ1n) is 8.89. The first kappa shape index (κ1) is 20.2. The van der Waals surface area contributed by atoms with E-state index in [0.717, 1.165) is 12.1 Å². The Bertz CT molecular complexity index is 1170. The second-order valence-corrected chi connectivity index (χ2v) is 7.30. The molecule has 30 heavy (non-hydrogen) atoms. The lowest BCUT2D eigenvalue weighted by molar-refractivity contribution is -0.138. The molecule has 0 aliphatic carbocycles. The zero-order valence-corrected chi connectivity index (χ0v) is 16.3. The minimum absolute atomic E-state index is 0.292. The minimum Gasteiger partial charge on any atom is -0.481 e. The number of halogens is 4. The van der Waals surface area contributed by atoms with Crippen molar-refractivity contribution >= 4 is 23.3 Å². The van der Waals surface area contributed by atoms with Gasteiger partial charge >= 0.3 is 12.1 Å². The average Bonchev–Trinajstić information content (AvgIpc) is 2.99. The van der Waals surface area contributed by atoms with E-state index in [0.29, 0.717) is 44.4 Å². The molecular formula is C21H14ClF3N2O3. The highest BCUT2D eigenvalue weighted by molar-refractivity contribution is 6.31. The third kappa shape index (κ3) is 3.59. The molecule has 1 atom stereocenters. The van der Waals surface area contributed by atoms with Crippen molar-refractivity contribution in [3.8, 4) is 11.1 Å². The van der Waals surface area contributed by atoms with E-state index in [9.17, 15) is 23.1 Å². The van der Waals surface area contributed by atoms with Gasteiger partial charge in [-0.05, 0) is 36.8 Å². The van der Waals surface area contributed by atoms with Gasteiger partial charge in [0.05, 0.1) is 29.0 Å². The second kappa shape index (κ2) is 7.28. The number of carboxylic acids is 1. The summed E-state index contributed by atoms with van der Waals surface area (Å²) in [6, 6.07) is 8.69. The number of aliphatic carboxylic acids is 1. The number of hydrogen-bond acceptors (Lipinski definition) is 4. The number of benzene rings is 2. The Morgan fingerprint density at radius 2 is 1.87 bits per heavy atom. The SMILES string of the molecule is Cc1noc2c1-c1ccc(Cl)cc1C(c1ccc(C(F)(F)F)cc1)=NC2CC(=O)O. The smallest absolute Gasteiger partial charge is 0.416 e. The van der Waals surface area contributed by atoms with Crippen molar-refractivity contribution in [3.63, 3.8) is 0 Å². The lowest BCUT2D eigenvalue weighted by atomic mass is 9.92. The minimum atomic E-state index is -4.47. The van der Waals surface area contributed by atoms with Gasteiger partial charge in [-0.1, -0.05) is 35.0 Å². The number of aryl methyl sites for hydroxylation is 1. The molecule has 0 amide bonds. The highest BCUT2D eigenvalue weighted by Crippen LogP contribution is 2.41. The van der Waals surface area contributed by atoms with Crippen molar-refractivity contribution in [2.24, 2.45) is 4.99 Å². The molecule has 2 heterocycles. The number of aliphatic imine (C=N–C) groups is 1. The van der Waals surface area contributed by atoms with Crippen molar-refractivity contribution in [1.82, 2.24) is 5.16 Å². The maximum absolute atomic E-state index is 13.0. The highest BCUT2D eigenvalue weighted by atomic mass is 35.5. The van der Waals surface area contributed by atoms with Crippen LogP contribution < -0.4 is 0 Å².